The molecule has 1 aromatic rings. The van der Waals surface area contributed by atoms with Crippen molar-refractivity contribution in [3.63, 3.8) is 0 Å². The summed E-state index contributed by atoms with van der Waals surface area (Å²) in [6.07, 6.45) is 6.56. The maximum atomic E-state index is 12.8. The van der Waals surface area contributed by atoms with Gasteiger partial charge in [0.1, 0.15) is 23.4 Å². The summed E-state index contributed by atoms with van der Waals surface area (Å²) in [5.74, 6) is 1.26. The highest BCUT2D eigenvalue weighted by atomic mass is 19.1. The van der Waals surface area contributed by atoms with Crippen LogP contribution >= 0.6 is 0 Å². The molecule has 0 bridgehead atoms. The van der Waals surface area contributed by atoms with Gasteiger partial charge in [-0.25, -0.2) is 4.39 Å². The average molecular weight is 301 g/mol. The number of hydrogen-bond donors (Lipinski definition) is 1. The molecule has 0 saturated carbocycles. The summed E-state index contributed by atoms with van der Waals surface area (Å²) in [6.45, 7) is 11.6. The number of ether oxygens (including phenoxy) is 1. The smallest absolute Gasteiger partial charge is 0.142 e. The second-order valence-corrected chi connectivity index (χ2v) is 5.76. The highest BCUT2D eigenvalue weighted by molar-refractivity contribution is 5.26. The number of benzene rings is 1. The van der Waals surface area contributed by atoms with E-state index in [9.17, 15) is 4.39 Å². The molecule has 118 valence electrons. The number of rotatable bonds is 9. The molecule has 1 aliphatic rings. The summed E-state index contributed by atoms with van der Waals surface area (Å²) in [4.78, 5) is 0. The molecule has 1 heterocycles. The molecule has 1 N–H and O–H groups in total. The van der Waals surface area contributed by atoms with E-state index in [1.54, 1.807) is 0 Å². The molecule has 1 fully saturated rings. The molecular weight excluding hydrogens is 277 g/mol. The summed E-state index contributed by atoms with van der Waals surface area (Å²) in [5, 5.41) is 3.28. The van der Waals surface area contributed by atoms with Crippen molar-refractivity contribution >= 4 is 0 Å². The largest absolute Gasteiger partial charge is 0.462 e. The van der Waals surface area contributed by atoms with Crippen molar-refractivity contribution in [3.8, 4) is 0 Å². The topological polar surface area (TPSA) is 21.3 Å². The summed E-state index contributed by atoms with van der Waals surface area (Å²) in [6, 6.07) is 6.81. The number of halogens is 1. The Labute approximate surface area is 132 Å². The number of nitrogens with one attached hydrogen (secondary N) is 1. The van der Waals surface area contributed by atoms with Gasteiger partial charge in [-0.3, -0.25) is 0 Å². The lowest BCUT2D eigenvalue weighted by Gasteiger charge is -2.33. The van der Waals surface area contributed by atoms with Crippen molar-refractivity contribution < 1.29 is 9.13 Å². The van der Waals surface area contributed by atoms with Gasteiger partial charge in [0.2, 0.25) is 0 Å². The fraction of sp³-hybridized carbons (Fsp3) is 0.368. The highest BCUT2D eigenvalue weighted by Gasteiger charge is 2.29. The molecule has 1 saturated heterocycles. The minimum Gasteiger partial charge on any atom is -0.462 e. The third-order valence-corrected chi connectivity index (χ3v) is 3.86. The number of aryl methyl sites for hydroxylation is 1. The van der Waals surface area contributed by atoms with E-state index in [0.717, 1.165) is 31.4 Å². The van der Waals surface area contributed by atoms with E-state index in [0.29, 0.717) is 11.5 Å². The molecule has 0 radical (unpaired) electrons. The third-order valence-electron chi connectivity index (χ3n) is 3.86. The van der Waals surface area contributed by atoms with Crippen LogP contribution in [0, 0.1) is 5.82 Å². The summed E-state index contributed by atoms with van der Waals surface area (Å²) in [7, 11) is 0. The zero-order valence-corrected chi connectivity index (χ0v) is 13.0. The van der Waals surface area contributed by atoms with Crippen LogP contribution in [0.3, 0.4) is 0 Å². The first-order chi connectivity index (χ1) is 10.6. The van der Waals surface area contributed by atoms with Gasteiger partial charge in [0.25, 0.3) is 0 Å². The van der Waals surface area contributed by atoms with Gasteiger partial charge in [0.05, 0.1) is 0 Å². The van der Waals surface area contributed by atoms with Gasteiger partial charge in [-0.15, -0.1) is 0 Å². The molecule has 0 spiro atoms. The van der Waals surface area contributed by atoms with E-state index in [2.05, 4.69) is 25.1 Å². The van der Waals surface area contributed by atoms with Crippen LogP contribution in [0.25, 0.3) is 0 Å². The van der Waals surface area contributed by atoms with Crippen LogP contribution in [0.15, 0.2) is 61.2 Å². The maximum Gasteiger partial charge on any atom is 0.142 e. The monoisotopic (exact) mass is 301 g/mol. The first kappa shape index (κ1) is 16.3. The van der Waals surface area contributed by atoms with E-state index in [1.165, 1.54) is 30.5 Å². The van der Waals surface area contributed by atoms with Crippen LogP contribution in [0.1, 0.15) is 37.7 Å². The van der Waals surface area contributed by atoms with E-state index in [4.69, 9.17) is 4.74 Å². The Balaban J connectivity index is 1.52. The number of unbranched alkanes of at least 4 members (excludes halogenated alkanes) is 3. The Kier molecular flexibility index (Phi) is 5.82. The van der Waals surface area contributed by atoms with Crippen molar-refractivity contribution in [2.24, 2.45) is 0 Å². The Bertz CT molecular complexity index is 533. The minimum absolute atomic E-state index is 0.0333. The van der Waals surface area contributed by atoms with Crippen LogP contribution in [-0.2, 0) is 11.2 Å². The molecule has 0 aliphatic carbocycles. The summed E-state index contributed by atoms with van der Waals surface area (Å²) < 4.78 is 17.9. The Morgan fingerprint density at radius 3 is 2.32 bits per heavy atom. The van der Waals surface area contributed by atoms with Crippen molar-refractivity contribution in [1.82, 2.24) is 5.32 Å². The predicted molar refractivity (Wildman–Crippen MR) is 88.6 cm³/mol. The lowest BCUT2D eigenvalue weighted by atomic mass is 10.0. The SMILES string of the molecule is C=C(CCCCCCc1ccc(F)cc1)NC1C(=C)OC1=C. The van der Waals surface area contributed by atoms with Gasteiger partial charge >= 0.3 is 0 Å². The molecule has 2 nitrogen and oxygen atoms in total. The normalized spacial score (nSPS) is 14.4. The molecule has 2 rings (SSSR count). The predicted octanol–water partition coefficient (Wildman–Crippen LogP) is 4.85. The lowest BCUT2D eigenvalue weighted by molar-refractivity contribution is 0.166. The maximum absolute atomic E-state index is 12.8. The van der Waals surface area contributed by atoms with Crippen molar-refractivity contribution in [1.29, 1.82) is 0 Å². The minimum atomic E-state index is -0.169. The van der Waals surface area contributed by atoms with Gasteiger partial charge < -0.3 is 10.1 Å². The van der Waals surface area contributed by atoms with Gasteiger partial charge in [-0.05, 0) is 43.4 Å². The first-order valence-corrected chi connectivity index (χ1v) is 7.80. The molecule has 22 heavy (non-hydrogen) atoms. The fourth-order valence-corrected chi connectivity index (χ4v) is 2.52. The standard InChI is InChI=1S/C19H24FNO/c1-14(21-19-15(2)22-16(19)3)8-6-4-5-7-9-17-10-12-18(20)13-11-17/h10-13,19,21H,1-9H2. The first-order valence-electron chi connectivity index (χ1n) is 7.80. The van der Waals surface area contributed by atoms with Crippen LogP contribution in [0.4, 0.5) is 4.39 Å². The molecule has 0 aromatic heterocycles. The third kappa shape index (κ3) is 4.76. The van der Waals surface area contributed by atoms with Crippen LogP contribution in [-0.4, -0.2) is 6.04 Å². The summed E-state index contributed by atoms with van der Waals surface area (Å²) >= 11 is 0. The molecule has 3 heteroatoms. The molecule has 1 aromatic carbocycles. The van der Waals surface area contributed by atoms with Crippen molar-refractivity contribution in [2.45, 2.75) is 44.6 Å². The van der Waals surface area contributed by atoms with Gasteiger partial charge in [-0.2, -0.15) is 0 Å². The second kappa shape index (κ2) is 7.83. The quantitative estimate of drug-likeness (QED) is 0.658. The average Bonchev–Trinajstić information content (AvgIpc) is 2.50. The Morgan fingerprint density at radius 1 is 1.05 bits per heavy atom. The van der Waals surface area contributed by atoms with Gasteiger partial charge in [0.15, 0.2) is 0 Å². The molecule has 0 atom stereocenters. The van der Waals surface area contributed by atoms with Crippen LogP contribution in [0.2, 0.25) is 0 Å². The molecular formula is C19H24FNO. The molecule has 0 amide bonds. The van der Waals surface area contributed by atoms with Crippen LogP contribution < -0.4 is 5.32 Å². The molecule has 1 aliphatic heterocycles. The fourth-order valence-electron chi connectivity index (χ4n) is 2.52. The van der Waals surface area contributed by atoms with E-state index in [1.807, 2.05) is 12.1 Å². The van der Waals surface area contributed by atoms with E-state index >= 15 is 0 Å². The summed E-state index contributed by atoms with van der Waals surface area (Å²) in [5.41, 5.74) is 2.21. The Hall–Kier alpha value is -2.03. The number of allylic oxidation sites excluding steroid dienone is 1. The Morgan fingerprint density at radius 2 is 1.68 bits per heavy atom. The second-order valence-electron chi connectivity index (χ2n) is 5.76. The van der Waals surface area contributed by atoms with Crippen molar-refractivity contribution in [2.75, 3.05) is 0 Å². The zero-order valence-electron chi connectivity index (χ0n) is 13.0. The zero-order chi connectivity index (χ0) is 15.9. The van der Waals surface area contributed by atoms with Gasteiger partial charge in [-0.1, -0.05) is 44.7 Å². The van der Waals surface area contributed by atoms with Crippen LogP contribution in [0.5, 0.6) is 0 Å². The van der Waals surface area contributed by atoms with E-state index < -0.39 is 0 Å². The van der Waals surface area contributed by atoms with Crippen molar-refractivity contribution in [3.05, 3.63) is 72.6 Å². The van der Waals surface area contributed by atoms with Gasteiger partial charge in [0, 0.05) is 5.70 Å². The number of hydrogen-bond acceptors (Lipinski definition) is 2. The lowest BCUT2D eigenvalue weighted by Crippen LogP contribution is -2.40. The van der Waals surface area contributed by atoms with E-state index in [-0.39, 0.29) is 11.9 Å². The highest BCUT2D eigenvalue weighted by Crippen LogP contribution is 2.27. The molecule has 0 unspecified atom stereocenters.